The van der Waals surface area contributed by atoms with Crippen LogP contribution in [0.1, 0.15) is 0 Å². The number of rotatable bonds is 3. The summed E-state index contributed by atoms with van der Waals surface area (Å²) in [5, 5.41) is 7.65. The predicted molar refractivity (Wildman–Crippen MR) is 60.5 cm³/mol. The van der Waals surface area contributed by atoms with Crippen molar-refractivity contribution in [1.29, 1.82) is 0 Å². The topological polar surface area (TPSA) is 222 Å². The van der Waals surface area contributed by atoms with E-state index in [0.29, 0.717) is 0 Å². The molecule has 117 valence electrons. The van der Waals surface area contributed by atoms with Crippen molar-refractivity contribution in [2.24, 2.45) is 0 Å². The molecule has 0 rings (SSSR count). The van der Waals surface area contributed by atoms with E-state index in [9.17, 15) is 4.79 Å². The van der Waals surface area contributed by atoms with Gasteiger partial charge in [-0.15, -0.1) is 0 Å². The Labute approximate surface area is 130 Å². The molecule has 0 aromatic heterocycles. The standard InChI is InChI=1S/2C2H6N2.C2H4O2S.ClHO4.Cr/c2*3-1-2-4;3-2(4)1-5;2-1(3,4)5;/h2*3-4H,1-2H2;5H,1H2,(H,3,4);(H,2,3,4,5);/q2*-2;;;+3. The minimum Gasteiger partial charge on any atom is -0.679 e. The van der Waals surface area contributed by atoms with Crippen molar-refractivity contribution in [2.45, 2.75) is 0 Å². The van der Waals surface area contributed by atoms with Crippen LogP contribution >= 0.6 is 12.6 Å². The molecule has 0 saturated heterocycles. The molecule has 0 aliphatic rings. The van der Waals surface area contributed by atoms with Gasteiger partial charge in [0, 0.05) is 0 Å². The Bertz CT molecular complexity index is 153. The van der Waals surface area contributed by atoms with Gasteiger partial charge in [0.15, 0.2) is 0 Å². The van der Waals surface area contributed by atoms with Crippen molar-refractivity contribution in [3.8, 4) is 0 Å². The minimum atomic E-state index is -4.69. The molecule has 0 heterocycles. The van der Waals surface area contributed by atoms with Crippen LogP contribution in [0.4, 0.5) is 0 Å². The van der Waals surface area contributed by atoms with Crippen molar-refractivity contribution in [2.75, 3.05) is 31.9 Å². The zero-order chi connectivity index (χ0) is 15.6. The van der Waals surface area contributed by atoms with Crippen LogP contribution in [0.2, 0.25) is 0 Å². The summed E-state index contributed by atoms with van der Waals surface area (Å²) >= 11 is 3.42. The molecular formula is C6H17ClCrN4O6S-. The third-order valence-corrected chi connectivity index (χ3v) is 0.656. The fourth-order valence-corrected chi connectivity index (χ4v) is 0. The number of carboxylic acid groups (broad SMARTS) is 1. The first kappa shape index (κ1) is 31.6. The van der Waals surface area contributed by atoms with Crippen molar-refractivity contribution < 1.29 is 56.1 Å². The average molecular weight is 361 g/mol. The Hall–Kier alpha value is 0.322. The number of nitrogens with one attached hydrogen (secondary N) is 4. The quantitative estimate of drug-likeness (QED) is 0.484. The monoisotopic (exact) mass is 360 g/mol. The van der Waals surface area contributed by atoms with Gasteiger partial charge in [-0.1, -0.05) is 0 Å². The summed E-state index contributed by atoms with van der Waals surface area (Å²) in [4.78, 5) is 9.29. The van der Waals surface area contributed by atoms with Crippen molar-refractivity contribution in [3.63, 3.8) is 0 Å². The zero-order valence-corrected chi connectivity index (χ0v) is 12.7. The van der Waals surface area contributed by atoms with E-state index in [0.717, 1.165) is 0 Å². The fraction of sp³-hybridized carbons (Fsp3) is 0.833. The largest absolute Gasteiger partial charge is 3.00 e. The number of hydrogen-bond acceptors (Lipinski definition) is 6. The number of aliphatic carboxylic acids is 1. The number of carbonyl (C=O) groups is 1. The molecule has 0 fully saturated rings. The Morgan fingerprint density at radius 3 is 1.11 bits per heavy atom. The van der Waals surface area contributed by atoms with Crippen LogP contribution in [0.5, 0.6) is 0 Å². The van der Waals surface area contributed by atoms with Gasteiger partial charge in [0.25, 0.3) is 0 Å². The first-order valence-corrected chi connectivity index (χ1v) is 6.04. The van der Waals surface area contributed by atoms with Crippen molar-refractivity contribution in [3.05, 3.63) is 22.9 Å². The first-order chi connectivity index (χ1) is 8.10. The SMILES string of the molecule is O=C(O)CS.[Cr+3].[NH-]CC[NH-].[NH-]CC[NH-].[O-][Cl+3]([O-])([O-])O. The first-order valence-electron chi connectivity index (χ1n) is 4.14. The van der Waals surface area contributed by atoms with Crippen LogP contribution in [-0.2, 0) is 22.2 Å². The molecule has 0 aliphatic carbocycles. The zero-order valence-electron chi connectivity index (χ0n) is 9.80. The van der Waals surface area contributed by atoms with E-state index in [-0.39, 0.29) is 49.3 Å². The minimum absolute atomic E-state index is 0. The van der Waals surface area contributed by atoms with Crippen LogP contribution in [0.3, 0.4) is 0 Å². The van der Waals surface area contributed by atoms with E-state index >= 15 is 0 Å². The summed E-state index contributed by atoms with van der Waals surface area (Å²) in [6.07, 6.45) is 0. The molecule has 0 aliphatic heterocycles. The molecule has 6 N–H and O–H groups in total. The molecule has 0 aromatic rings. The van der Waals surface area contributed by atoms with Gasteiger partial charge < -0.3 is 28.0 Å². The van der Waals surface area contributed by atoms with Gasteiger partial charge in [0.05, 0.1) is 20.7 Å². The predicted octanol–water partition coefficient (Wildman–Crippen LogP) is -1.94. The summed E-state index contributed by atoms with van der Waals surface area (Å²) in [6.45, 7) is 0.944. The number of hydrogen-bond donors (Lipinski definition) is 3. The summed E-state index contributed by atoms with van der Waals surface area (Å²) < 4.78 is 32.7. The van der Waals surface area contributed by atoms with Crippen LogP contribution in [0.15, 0.2) is 0 Å². The number of thiol groups is 1. The Morgan fingerprint density at radius 2 is 1.11 bits per heavy atom. The average Bonchev–Trinajstić information content (AvgIpc) is 2.27. The van der Waals surface area contributed by atoms with E-state index in [1.54, 1.807) is 0 Å². The van der Waals surface area contributed by atoms with Crippen LogP contribution in [0.25, 0.3) is 22.9 Å². The molecule has 0 amide bonds. The second kappa shape index (κ2) is 26.8. The van der Waals surface area contributed by atoms with E-state index in [1.165, 1.54) is 0 Å². The normalized spacial score (nSPS) is 8.26. The maximum atomic E-state index is 9.29. The van der Waals surface area contributed by atoms with Gasteiger partial charge in [0.2, 0.25) is 0 Å². The van der Waals surface area contributed by atoms with E-state index in [4.69, 9.17) is 46.7 Å². The van der Waals surface area contributed by atoms with Crippen molar-refractivity contribution >= 4 is 18.6 Å². The Balaban J connectivity index is -0.0000000453. The Kier molecular flexibility index (Phi) is 44.6. The van der Waals surface area contributed by atoms with Crippen LogP contribution < -0.4 is 14.0 Å². The van der Waals surface area contributed by atoms with Crippen LogP contribution in [-0.4, -0.2) is 47.7 Å². The molecule has 0 unspecified atom stereocenters. The summed E-state index contributed by atoms with van der Waals surface area (Å²) in [6, 6.07) is 0. The van der Waals surface area contributed by atoms with Gasteiger partial charge in [-0.3, -0.25) is 4.79 Å². The third kappa shape index (κ3) is 261. The third-order valence-electron chi connectivity index (χ3n) is 0.385. The van der Waals surface area contributed by atoms with Crippen LogP contribution in [0, 0.1) is 10.2 Å². The Morgan fingerprint density at radius 1 is 1.00 bits per heavy atom. The molecule has 13 heteroatoms. The molecule has 1 radical (unpaired) electrons. The van der Waals surface area contributed by atoms with Gasteiger partial charge in [-0.2, -0.15) is 52.8 Å². The van der Waals surface area contributed by atoms with Gasteiger partial charge >= 0.3 is 23.3 Å². The maximum absolute atomic E-state index is 9.29. The molecule has 0 saturated carbocycles. The summed E-state index contributed by atoms with van der Waals surface area (Å²) in [7, 11) is -4.69. The second-order valence-electron chi connectivity index (χ2n) is 1.95. The van der Waals surface area contributed by atoms with E-state index in [2.05, 4.69) is 12.6 Å². The summed E-state index contributed by atoms with van der Waals surface area (Å²) in [5.74, 6) is -0.965. The molecule has 0 spiro atoms. The van der Waals surface area contributed by atoms with E-state index in [1.807, 2.05) is 0 Å². The van der Waals surface area contributed by atoms with Gasteiger partial charge in [0.1, 0.15) is 0 Å². The van der Waals surface area contributed by atoms with E-state index < -0.39 is 16.2 Å². The molecule has 0 bridgehead atoms. The van der Waals surface area contributed by atoms with Crippen molar-refractivity contribution in [1.82, 2.24) is 0 Å². The molecular weight excluding hydrogens is 344 g/mol. The smallest absolute Gasteiger partial charge is 0.679 e. The van der Waals surface area contributed by atoms with Gasteiger partial charge in [-0.25, -0.2) is 0 Å². The maximum Gasteiger partial charge on any atom is 3.00 e. The number of halogens is 1. The molecule has 19 heavy (non-hydrogen) atoms. The molecule has 0 atom stereocenters. The number of carboxylic acids is 1. The fourth-order valence-electron chi connectivity index (χ4n) is 0. The summed E-state index contributed by atoms with van der Waals surface area (Å²) in [5.41, 5.74) is 25.1. The molecule has 0 aromatic carbocycles. The molecule has 10 nitrogen and oxygen atoms in total. The van der Waals surface area contributed by atoms with Gasteiger partial charge in [-0.05, 0) is 0 Å². The second-order valence-corrected chi connectivity index (χ2v) is 3.06.